The van der Waals surface area contributed by atoms with Crippen molar-refractivity contribution in [2.45, 2.75) is 36.8 Å². The smallest absolute Gasteiger partial charge is 0.352 e. The molecule has 1 N–H and O–H groups in total. The Morgan fingerprint density at radius 1 is 1.26 bits per heavy atom. The average Bonchev–Trinajstić information content (AvgIpc) is 2.52. The number of alkyl halides is 2. The molecule has 1 saturated heterocycles. The Bertz CT molecular complexity index is 575. The SMILES string of the molecule is CN1CCN(C(=O)C(F)(F)C2(O)CCC2)C(c2ccccc2)C1. The van der Waals surface area contributed by atoms with Gasteiger partial charge < -0.3 is 14.9 Å². The van der Waals surface area contributed by atoms with E-state index in [-0.39, 0.29) is 19.4 Å². The van der Waals surface area contributed by atoms with Gasteiger partial charge in [-0.3, -0.25) is 4.79 Å². The molecule has 2 fully saturated rings. The van der Waals surface area contributed by atoms with Gasteiger partial charge in [0.25, 0.3) is 5.91 Å². The molecule has 1 aromatic carbocycles. The molecule has 1 unspecified atom stereocenters. The second-order valence-electron chi connectivity index (χ2n) is 6.65. The number of nitrogens with zero attached hydrogens (tertiary/aromatic N) is 2. The van der Waals surface area contributed by atoms with Crippen molar-refractivity contribution >= 4 is 5.91 Å². The van der Waals surface area contributed by atoms with Gasteiger partial charge in [0, 0.05) is 19.6 Å². The van der Waals surface area contributed by atoms with Crippen LogP contribution in [-0.4, -0.2) is 59.0 Å². The van der Waals surface area contributed by atoms with E-state index in [1.807, 2.05) is 42.3 Å². The van der Waals surface area contributed by atoms with E-state index in [0.29, 0.717) is 19.5 Å². The predicted octanol–water partition coefficient (Wildman–Crippen LogP) is 2.05. The van der Waals surface area contributed by atoms with Gasteiger partial charge in [-0.2, -0.15) is 8.78 Å². The van der Waals surface area contributed by atoms with Crippen LogP contribution in [0.1, 0.15) is 30.9 Å². The molecule has 1 atom stereocenters. The van der Waals surface area contributed by atoms with E-state index < -0.39 is 23.5 Å². The first kappa shape index (κ1) is 16.3. The highest BCUT2D eigenvalue weighted by atomic mass is 19.3. The van der Waals surface area contributed by atoms with E-state index in [0.717, 1.165) is 5.56 Å². The van der Waals surface area contributed by atoms with Gasteiger partial charge in [0.1, 0.15) is 5.60 Å². The van der Waals surface area contributed by atoms with Crippen LogP contribution in [0.5, 0.6) is 0 Å². The van der Waals surface area contributed by atoms with Crippen LogP contribution >= 0.6 is 0 Å². The van der Waals surface area contributed by atoms with Gasteiger partial charge in [-0.05, 0) is 31.9 Å². The molecular formula is C17H22F2N2O2. The summed E-state index contributed by atoms with van der Waals surface area (Å²) in [4.78, 5) is 15.8. The Morgan fingerprint density at radius 3 is 2.48 bits per heavy atom. The van der Waals surface area contributed by atoms with Crippen molar-refractivity contribution in [3.63, 3.8) is 0 Å². The highest BCUT2D eigenvalue weighted by Crippen LogP contribution is 2.46. The molecule has 6 heteroatoms. The lowest BCUT2D eigenvalue weighted by molar-refractivity contribution is -0.226. The molecule has 1 amide bonds. The fourth-order valence-corrected chi connectivity index (χ4v) is 3.33. The standard InChI is InChI=1S/C17H22F2N2O2/c1-20-10-11-21(14(12-20)13-6-3-2-4-7-13)15(22)17(18,19)16(23)8-5-9-16/h2-4,6-7,14,23H,5,8-12H2,1H3. The summed E-state index contributed by atoms with van der Waals surface area (Å²) in [6.07, 6.45) is 0.495. The van der Waals surface area contributed by atoms with Crippen molar-refractivity contribution in [1.82, 2.24) is 9.80 Å². The Labute approximate surface area is 134 Å². The first-order chi connectivity index (χ1) is 10.8. The summed E-state index contributed by atoms with van der Waals surface area (Å²) in [5.74, 6) is -4.98. The summed E-state index contributed by atoms with van der Waals surface area (Å²) in [5, 5.41) is 10.0. The molecule has 1 aromatic rings. The molecular weight excluding hydrogens is 302 g/mol. The maximum atomic E-state index is 14.6. The number of carbonyl (C=O) groups is 1. The highest BCUT2D eigenvalue weighted by molar-refractivity contribution is 5.85. The molecule has 1 aliphatic heterocycles. The predicted molar refractivity (Wildman–Crippen MR) is 82.1 cm³/mol. The van der Waals surface area contributed by atoms with Crippen LogP contribution in [0.25, 0.3) is 0 Å². The molecule has 23 heavy (non-hydrogen) atoms. The maximum absolute atomic E-state index is 14.6. The highest BCUT2D eigenvalue weighted by Gasteiger charge is 2.62. The summed E-state index contributed by atoms with van der Waals surface area (Å²) >= 11 is 0. The zero-order chi connectivity index (χ0) is 16.7. The first-order valence-corrected chi connectivity index (χ1v) is 8.00. The fourth-order valence-electron chi connectivity index (χ4n) is 3.33. The van der Waals surface area contributed by atoms with Crippen LogP contribution in [0.15, 0.2) is 30.3 Å². The summed E-state index contributed by atoms with van der Waals surface area (Å²) < 4.78 is 29.1. The number of halogens is 2. The van der Waals surface area contributed by atoms with Gasteiger partial charge in [-0.15, -0.1) is 0 Å². The van der Waals surface area contributed by atoms with E-state index in [9.17, 15) is 18.7 Å². The van der Waals surface area contributed by atoms with Crippen LogP contribution in [0.2, 0.25) is 0 Å². The lowest BCUT2D eigenvalue weighted by Gasteiger charge is -2.46. The summed E-state index contributed by atoms with van der Waals surface area (Å²) in [5.41, 5.74) is -1.34. The zero-order valence-electron chi connectivity index (χ0n) is 13.2. The van der Waals surface area contributed by atoms with Crippen molar-refractivity contribution in [1.29, 1.82) is 0 Å². The molecule has 1 saturated carbocycles. The van der Waals surface area contributed by atoms with Gasteiger partial charge in [-0.25, -0.2) is 0 Å². The van der Waals surface area contributed by atoms with Crippen molar-refractivity contribution < 1.29 is 18.7 Å². The third-order valence-corrected chi connectivity index (χ3v) is 5.06. The fraction of sp³-hybridized carbons (Fsp3) is 0.588. The lowest BCUT2D eigenvalue weighted by atomic mass is 9.74. The van der Waals surface area contributed by atoms with E-state index in [2.05, 4.69) is 0 Å². The van der Waals surface area contributed by atoms with Crippen LogP contribution < -0.4 is 0 Å². The third-order valence-electron chi connectivity index (χ3n) is 5.06. The number of likely N-dealkylation sites (N-methyl/N-ethyl adjacent to an activating group) is 1. The van der Waals surface area contributed by atoms with Gasteiger partial charge >= 0.3 is 5.92 Å². The molecule has 1 heterocycles. The topological polar surface area (TPSA) is 43.8 Å². The minimum atomic E-state index is -3.73. The van der Waals surface area contributed by atoms with Gasteiger partial charge in [0.05, 0.1) is 6.04 Å². The number of amides is 1. The summed E-state index contributed by atoms with van der Waals surface area (Å²) in [7, 11) is 1.91. The van der Waals surface area contributed by atoms with Crippen molar-refractivity contribution in [2.24, 2.45) is 0 Å². The summed E-state index contributed by atoms with van der Waals surface area (Å²) in [6, 6.07) is 8.81. The summed E-state index contributed by atoms with van der Waals surface area (Å²) in [6.45, 7) is 1.29. The van der Waals surface area contributed by atoms with E-state index in [4.69, 9.17) is 0 Å². The zero-order valence-corrected chi connectivity index (χ0v) is 13.2. The van der Waals surface area contributed by atoms with E-state index >= 15 is 0 Å². The average molecular weight is 324 g/mol. The van der Waals surface area contributed by atoms with Gasteiger partial charge in [-0.1, -0.05) is 30.3 Å². The lowest BCUT2D eigenvalue weighted by Crippen LogP contribution is -2.63. The number of piperazine rings is 1. The minimum absolute atomic E-state index is 0.0184. The number of aliphatic hydroxyl groups is 1. The van der Waals surface area contributed by atoms with Crippen LogP contribution in [0.4, 0.5) is 8.78 Å². The van der Waals surface area contributed by atoms with Gasteiger partial charge in [0.15, 0.2) is 0 Å². The molecule has 0 bridgehead atoms. The molecule has 0 radical (unpaired) electrons. The normalized spacial score (nSPS) is 25.0. The van der Waals surface area contributed by atoms with Gasteiger partial charge in [0.2, 0.25) is 0 Å². The van der Waals surface area contributed by atoms with Crippen LogP contribution in [-0.2, 0) is 4.79 Å². The van der Waals surface area contributed by atoms with Crippen LogP contribution in [0.3, 0.4) is 0 Å². The Morgan fingerprint density at radius 2 is 1.91 bits per heavy atom. The number of hydrogen-bond donors (Lipinski definition) is 1. The maximum Gasteiger partial charge on any atom is 0.352 e. The number of carbonyl (C=O) groups excluding carboxylic acids is 1. The Balaban J connectivity index is 1.88. The number of hydrogen-bond acceptors (Lipinski definition) is 3. The monoisotopic (exact) mass is 324 g/mol. The minimum Gasteiger partial charge on any atom is -0.383 e. The molecule has 1 aliphatic carbocycles. The first-order valence-electron chi connectivity index (χ1n) is 8.00. The molecule has 0 spiro atoms. The van der Waals surface area contributed by atoms with Crippen LogP contribution in [0, 0.1) is 0 Å². The number of benzene rings is 1. The van der Waals surface area contributed by atoms with E-state index in [1.54, 1.807) is 0 Å². The second-order valence-corrected chi connectivity index (χ2v) is 6.65. The number of rotatable bonds is 3. The quantitative estimate of drug-likeness (QED) is 0.925. The van der Waals surface area contributed by atoms with E-state index in [1.165, 1.54) is 4.90 Å². The molecule has 0 aromatic heterocycles. The molecule has 126 valence electrons. The Kier molecular flexibility index (Phi) is 4.14. The second kappa shape index (κ2) is 5.83. The molecule has 2 aliphatic rings. The largest absolute Gasteiger partial charge is 0.383 e. The molecule has 3 rings (SSSR count). The van der Waals surface area contributed by atoms with Crippen molar-refractivity contribution in [2.75, 3.05) is 26.7 Å². The third kappa shape index (κ3) is 2.74. The molecule has 4 nitrogen and oxygen atoms in total. The Hall–Kier alpha value is -1.53. The van der Waals surface area contributed by atoms with Crippen molar-refractivity contribution in [3.8, 4) is 0 Å². The van der Waals surface area contributed by atoms with Crippen molar-refractivity contribution in [3.05, 3.63) is 35.9 Å².